The van der Waals surface area contributed by atoms with Crippen LogP contribution in [0.3, 0.4) is 0 Å². The molecule has 0 saturated heterocycles. The standard InChI is InChI=1S/2C9H9FO3S.2C9H10O3S.C8H11NO2S/c1-6(11)8-5-7(14(2,12)13)3-4-9(8)10;1-6(11)7-3-4-8(10)9(5-7)14(2,12)13;2*1-7(10)8-4-3-5-9(6-8)13(2,11)12;1-9-7-4-3-5-8(6-7)12(2,10)11/h2*3-5H,1-2H3;2*3-6H,1-2H3;3-6,9H,1-2H3. The van der Waals surface area contributed by atoms with E-state index in [2.05, 4.69) is 5.32 Å². The minimum absolute atomic E-state index is 0.0518. The topological polar surface area (TPSA) is 251 Å². The van der Waals surface area contributed by atoms with Crippen LogP contribution in [0.1, 0.15) is 69.1 Å². The molecule has 0 saturated carbocycles. The maximum atomic E-state index is 13.0. The average Bonchev–Trinajstić information content (AvgIpc) is 3.20. The second-order valence-electron chi connectivity index (χ2n) is 14.2. The van der Waals surface area contributed by atoms with Gasteiger partial charge in [-0.15, -0.1) is 0 Å². The van der Waals surface area contributed by atoms with Crippen LogP contribution >= 0.6 is 0 Å². The van der Waals surface area contributed by atoms with Gasteiger partial charge in [0.15, 0.2) is 72.3 Å². The Kier molecular flexibility index (Phi) is 21.3. The van der Waals surface area contributed by atoms with Gasteiger partial charge in [0, 0.05) is 60.7 Å². The molecule has 66 heavy (non-hydrogen) atoms. The molecule has 0 aliphatic rings. The zero-order valence-electron chi connectivity index (χ0n) is 37.4. The lowest BCUT2D eigenvalue weighted by Gasteiger charge is -2.02. The van der Waals surface area contributed by atoms with Gasteiger partial charge in [-0.2, -0.15) is 0 Å². The highest BCUT2D eigenvalue weighted by atomic mass is 32.2. The quantitative estimate of drug-likeness (QED) is 0.115. The van der Waals surface area contributed by atoms with Crippen LogP contribution in [-0.2, 0) is 49.2 Å². The van der Waals surface area contributed by atoms with Crippen molar-refractivity contribution in [1.29, 1.82) is 0 Å². The SMILES string of the molecule is CC(=O)c1cc(S(C)(=O)=O)ccc1F.CC(=O)c1ccc(F)c(S(C)(=O)=O)c1.CC(=O)c1cccc(S(C)(=O)=O)c1.CC(=O)c1cccc(S(C)(=O)=O)c1.CNc1cccc(S(C)(=O)=O)c1. The summed E-state index contributed by atoms with van der Waals surface area (Å²) >= 11 is 0. The molecule has 5 aromatic rings. The fourth-order valence-electron chi connectivity index (χ4n) is 4.79. The first-order valence-electron chi connectivity index (χ1n) is 18.6. The number of carbonyl (C=O) groups is 4. The Morgan fingerprint density at radius 3 is 1.09 bits per heavy atom. The average molecular weight is 1010 g/mol. The van der Waals surface area contributed by atoms with Crippen molar-refractivity contribution in [2.45, 2.75) is 52.2 Å². The molecule has 0 spiro atoms. The first kappa shape index (κ1) is 58.2. The smallest absolute Gasteiger partial charge is 0.178 e. The van der Waals surface area contributed by atoms with Gasteiger partial charge >= 0.3 is 0 Å². The van der Waals surface area contributed by atoms with E-state index in [4.69, 9.17) is 0 Å². The molecular formula is C44H49F2NO14S5. The summed E-state index contributed by atoms with van der Waals surface area (Å²) < 4.78 is 137. The van der Waals surface area contributed by atoms with Crippen LogP contribution in [-0.4, -0.2) is 104 Å². The van der Waals surface area contributed by atoms with Crippen LogP contribution in [0, 0.1) is 11.6 Å². The van der Waals surface area contributed by atoms with Crippen LogP contribution in [0.5, 0.6) is 0 Å². The van der Waals surface area contributed by atoms with E-state index in [0.717, 1.165) is 61.0 Å². The van der Waals surface area contributed by atoms with Crippen molar-refractivity contribution < 1.29 is 70.0 Å². The van der Waals surface area contributed by atoms with Crippen molar-refractivity contribution in [3.05, 3.63) is 143 Å². The van der Waals surface area contributed by atoms with Gasteiger partial charge in [0.25, 0.3) is 0 Å². The van der Waals surface area contributed by atoms with Crippen molar-refractivity contribution in [2.24, 2.45) is 0 Å². The molecule has 0 atom stereocenters. The van der Waals surface area contributed by atoms with Gasteiger partial charge in [-0.3, -0.25) is 19.2 Å². The number of nitrogens with one attached hydrogen (secondary N) is 1. The van der Waals surface area contributed by atoms with Gasteiger partial charge in [0.2, 0.25) is 0 Å². The van der Waals surface area contributed by atoms with Crippen LogP contribution in [0.2, 0.25) is 0 Å². The highest BCUT2D eigenvalue weighted by Crippen LogP contribution is 2.18. The predicted molar refractivity (Wildman–Crippen MR) is 247 cm³/mol. The van der Waals surface area contributed by atoms with Gasteiger partial charge in [-0.1, -0.05) is 30.3 Å². The maximum Gasteiger partial charge on any atom is 0.178 e. The predicted octanol–water partition coefficient (Wildman–Crippen LogP) is 6.58. The number of benzene rings is 5. The number of rotatable bonds is 10. The van der Waals surface area contributed by atoms with Crippen LogP contribution in [0.15, 0.2) is 134 Å². The number of ketones is 4. The van der Waals surface area contributed by atoms with Crippen molar-refractivity contribution in [2.75, 3.05) is 43.6 Å². The summed E-state index contributed by atoms with van der Waals surface area (Å²) in [7, 11) is -14.8. The minimum Gasteiger partial charge on any atom is -0.388 e. The summed E-state index contributed by atoms with van der Waals surface area (Å²) in [4.78, 5) is 43.9. The van der Waals surface area contributed by atoms with Gasteiger partial charge in [0.1, 0.15) is 16.5 Å². The number of anilines is 1. The Bertz CT molecular complexity index is 3100. The van der Waals surface area contributed by atoms with Crippen molar-refractivity contribution in [1.82, 2.24) is 0 Å². The number of halogens is 2. The summed E-state index contributed by atoms with van der Waals surface area (Å²) in [5, 5.41) is 2.88. The van der Waals surface area contributed by atoms with E-state index in [1.807, 2.05) is 6.07 Å². The van der Waals surface area contributed by atoms with E-state index >= 15 is 0 Å². The summed E-state index contributed by atoms with van der Waals surface area (Å²) in [5.41, 5.74) is 1.63. The second-order valence-corrected chi connectivity index (χ2v) is 24.3. The van der Waals surface area contributed by atoms with E-state index < -0.39 is 71.5 Å². The van der Waals surface area contributed by atoms with Gasteiger partial charge in [0.05, 0.1) is 25.1 Å². The number of sulfone groups is 5. The largest absolute Gasteiger partial charge is 0.388 e. The van der Waals surface area contributed by atoms with E-state index in [1.54, 1.807) is 49.5 Å². The molecule has 15 nitrogen and oxygen atoms in total. The highest BCUT2D eigenvalue weighted by Gasteiger charge is 2.16. The van der Waals surface area contributed by atoms with E-state index in [-0.39, 0.29) is 43.2 Å². The second kappa shape index (κ2) is 24.1. The Morgan fingerprint density at radius 1 is 0.394 bits per heavy atom. The zero-order chi connectivity index (χ0) is 51.2. The molecular weight excluding hydrogens is 965 g/mol. The minimum atomic E-state index is -3.62. The van der Waals surface area contributed by atoms with Crippen LogP contribution < -0.4 is 5.32 Å². The lowest BCUT2D eigenvalue weighted by atomic mass is 10.1. The maximum absolute atomic E-state index is 13.0. The molecule has 0 bridgehead atoms. The number of hydrogen-bond acceptors (Lipinski definition) is 15. The summed E-state index contributed by atoms with van der Waals surface area (Å²) in [5.74, 6) is -2.60. The third-order valence-electron chi connectivity index (χ3n) is 8.37. The third-order valence-corrected chi connectivity index (χ3v) is 13.9. The molecule has 0 fully saturated rings. The van der Waals surface area contributed by atoms with Gasteiger partial charge < -0.3 is 5.32 Å². The normalized spacial score (nSPS) is 11.3. The Morgan fingerprint density at radius 2 is 0.742 bits per heavy atom. The lowest BCUT2D eigenvalue weighted by Crippen LogP contribution is -2.03. The van der Waals surface area contributed by atoms with Crippen LogP contribution in [0.4, 0.5) is 14.5 Å². The molecule has 0 aliphatic carbocycles. The summed E-state index contributed by atoms with van der Waals surface area (Å²) in [6.07, 6.45) is 5.33. The first-order chi connectivity index (χ1) is 30.0. The molecule has 0 aliphatic heterocycles. The third kappa shape index (κ3) is 19.7. The van der Waals surface area contributed by atoms with Crippen LogP contribution in [0.25, 0.3) is 0 Å². The molecule has 1 N–H and O–H groups in total. The molecule has 5 aromatic carbocycles. The van der Waals surface area contributed by atoms with Crippen molar-refractivity contribution in [3.63, 3.8) is 0 Å². The van der Waals surface area contributed by atoms with Gasteiger partial charge in [-0.05, 0) is 107 Å². The Hall–Kier alpha value is -5.81. The number of carbonyl (C=O) groups excluding carboxylic acids is 4. The van der Waals surface area contributed by atoms with E-state index in [9.17, 15) is 70.0 Å². The molecule has 0 aromatic heterocycles. The summed E-state index contributed by atoms with van der Waals surface area (Å²) in [6, 6.07) is 25.2. The Balaban J connectivity index is 0.000000413. The highest BCUT2D eigenvalue weighted by molar-refractivity contribution is 7.91. The molecule has 358 valence electrons. The fraction of sp³-hybridized carbons (Fsp3) is 0.227. The zero-order valence-corrected chi connectivity index (χ0v) is 41.5. The number of hydrogen-bond donors (Lipinski definition) is 1. The molecule has 5 rings (SSSR count). The molecule has 0 radical (unpaired) electrons. The molecule has 0 amide bonds. The lowest BCUT2D eigenvalue weighted by molar-refractivity contribution is 0.100. The first-order valence-corrected chi connectivity index (χ1v) is 28.1. The van der Waals surface area contributed by atoms with E-state index in [0.29, 0.717) is 16.0 Å². The monoisotopic (exact) mass is 1010 g/mol. The van der Waals surface area contributed by atoms with Gasteiger partial charge in [-0.25, -0.2) is 50.9 Å². The van der Waals surface area contributed by atoms with Crippen molar-refractivity contribution >= 4 is 78.0 Å². The number of Topliss-reactive ketones (excluding diaryl/α,β-unsaturated/α-hetero) is 4. The van der Waals surface area contributed by atoms with Crippen molar-refractivity contribution in [3.8, 4) is 0 Å². The molecule has 22 heteroatoms. The fourth-order valence-corrected chi connectivity index (χ4v) is 8.20. The Labute approximate surface area is 384 Å². The molecule has 0 unspecified atom stereocenters. The summed E-state index contributed by atoms with van der Waals surface area (Å²) in [6.45, 7) is 5.28. The van der Waals surface area contributed by atoms with E-state index in [1.165, 1.54) is 64.3 Å². The molecule has 0 heterocycles.